The smallest absolute Gasteiger partial charge is 0.346 e. The Hall–Kier alpha value is -4.14. The van der Waals surface area contributed by atoms with E-state index in [-0.39, 0.29) is 27.7 Å². The lowest BCUT2D eigenvalue weighted by atomic mass is 10.0. The lowest BCUT2D eigenvalue weighted by Gasteiger charge is -2.03. The number of fused-ring (bicyclic) bond motifs is 2. The fourth-order valence-corrected chi connectivity index (χ4v) is 5.30. The highest BCUT2D eigenvalue weighted by atomic mass is 32.1. The molecule has 0 saturated heterocycles. The highest BCUT2D eigenvalue weighted by Crippen LogP contribution is 2.45. The number of aromatic hydroxyl groups is 1. The number of hydrogen-bond acceptors (Lipinski definition) is 5. The predicted molar refractivity (Wildman–Crippen MR) is 137 cm³/mol. The maximum atomic E-state index is 13.6. The number of nitrogens with one attached hydrogen (secondary N) is 2. The Balaban J connectivity index is 1.62. The minimum atomic E-state index is -1.21. The topological polar surface area (TPSA) is 126 Å². The van der Waals surface area contributed by atoms with Gasteiger partial charge in [-0.05, 0) is 25.0 Å². The van der Waals surface area contributed by atoms with Gasteiger partial charge < -0.3 is 25.3 Å². The number of benzene rings is 2. The second kappa shape index (κ2) is 8.90. The molecule has 5 N–H and O–H groups in total. The van der Waals surface area contributed by atoms with E-state index < -0.39 is 11.8 Å². The molecule has 0 spiro atoms. The van der Waals surface area contributed by atoms with E-state index in [0.29, 0.717) is 22.9 Å². The maximum Gasteiger partial charge on any atom is 0.346 e. The van der Waals surface area contributed by atoms with Crippen LogP contribution in [0, 0.1) is 0 Å². The summed E-state index contributed by atoms with van der Waals surface area (Å²) in [4.78, 5) is 31.8. The summed E-state index contributed by atoms with van der Waals surface area (Å²) in [7, 11) is 0. The number of allylic oxidation sites excluding steroid dienone is 1. The Kier molecular flexibility index (Phi) is 5.76. The number of hydrogen-bond donors (Lipinski definition) is 5. The zero-order chi connectivity index (χ0) is 24.7. The molecule has 0 unspecified atom stereocenters. The molecule has 0 aliphatic carbocycles. The summed E-state index contributed by atoms with van der Waals surface area (Å²) >= 11 is 0.773. The van der Waals surface area contributed by atoms with E-state index in [0.717, 1.165) is 38.9 Å². The van der Waals surface area contributed by atoms with Gasteiger partial charge in [0.15, 0.2) is 0 Å². The number of thiophene rings is 1. The molecule has 0 bridgehead atoms. The molecule has 5 rings (SSSR count). The van der Waals surface area contributed by atoms with E-state index >= 15 is 0 Å². The molecule has 2 aromatic carbocycles. The third-order valence-electron chi connectivity index (χ3n) is 6.11. The lowest BCUT2D eigenvalue weighted by Crippen LogP contribution is -1.98. The van der Waals surface area contributed by atoms with Crippen LogP contribution >= 0.6 is 11.3 Å². The van der Waals surface area contributed by atoms with Crippen LogP contribution in [0.5, 0.6) is 5.75 Å². The number of aliphatic hydroxyl groups is 1. The monoisotopic (exact) mass is 486 g/mol. The quantitative estimate of drug-likeness (QED) is 0.154. The minimum Gasteiger partial charge on any atom is -0.506 e. The number of H-pyrrole nitrogens is 2. The van der Waals surface area contributed by atoms with Crippen molar-refractivity contribution in [2.75, 3.05) is 6.61 Å². The normalized spacial score (nSPS) is 12.0. The summed E-state index contributed by atoms with van der Waals surface area (Å²) in [5.41, 5.74) is 4.39. The van der Waals surface area contributed by atoms with Gasteiger partial charge in [-0.2, -0.15) is 0 Å². The molecular formula is C27H22N2O5S. The van der Waals surface area contributed by atoms with Crippen molar-refractivity contribution in [3.63, 3.8) is 0 Å². The number of ketones is 1. The summed E-state index contributed by atoms with van der Waals surface area (Å²) in [6.45, 7) is 1.82. The second-order valence-electron chi connectivity index (χ2n) is 8.32. The van der Waals surface area contributed by atoms with Crippen LogP contribution in [0.15, 0.2) is 66.5 Å². The summed E-state index contributed by atoms with van der Waals surface area (Å²) < 4.78 is 0. The van der Waals surface area contributed by atoms with Gasteiger partial charge >= 0.3 is 5.97 Å². The number of rotatable bonds is 7. The van der Waals surface area contributed by atoms with Gasteiger partial charge in [0.1, 0.15) is 15.5 Å². The van der Waals surface area contributed by atoms with E-state index in [1.165, 1.54) is 0 Å². The van der Waals surface area contributed by atoms with E-state index in [2.05, 4.69) is 9.97 Å². The van der Waals surface area contributed by atoms with E-state index in [1.54, 1.807) is 12.4 Å². The molecule has 0 amide bonds. The molecule has 8 heteroatoms. The van der Waals surface area contributed by atoms with Crippen LogP contribution in [0.25, 0.3) is 32.9 Å². The highest BCUT2D eigenvalue weighted by molar-refractivity contribution is 7.17. The molecule has 7 nitrogen and oxygen atoms in total. The van der Waals surface area contributed by atoms with Crippen LogP contribution < -0.4 is 0 Å². The first kappa shape index (κ1) is 22.6. The molecule has 0 fully saturated rings. The standard InChI is InChI=1S/C27H22N2O5S/c1-14(13-30)9-10-15-5-4-7-17-19(12-29-22(15)17)23(31)26-24(32)21(25(35-26)27(33)34)18-11-28-20-8-3-2-6-16(18)20/h2-9,11-12,28-30,32H,10,13H2,1H3,(H,33,34)/b14-9+. The molecule has 3 aromatic heterocycles. The van der Waals surface area contributed by atoms with Gasteiger partial charge in [0.05, 0.1) is 12.2 Å². The number of aromatic carboxylic acids is 1. The van der Waals surface area contributed by atoms with Crippen LogP contribution in [-0.4, -0.2) is 43.6 Å². The summed E-state index contributed by atoms with van der Waals surface area (Å²) in [6, 6.07) is 13.0. The first-order chi connectivity index (χ1) is 16.9. The second-order valence-corrected chi connectivity index (χ2v) is 9.34. The van der Waals surface area contributed by atoms with E-state index in [9.17, 15) is 24.9 Å². The Labute approximate surface area is 204 Å². The van der Waals surface area contributed by atoms with Crippen molar-refractivity contribution in [1.29, 1.82) is 0 Å². The number of carboxylic acids is 1. The summed E-state index contributed by atoms with van der Waals surface area (Å²) in [5.74, 6) is -2.00. The van der Waals surface area contributed by atoms with Gasteiger partial charge in [-0.15, -0.1) is 11.3 Å². The number of aliphatic hydroxyl groups excluding tert-OH is 1. The van der Waals surface area contributed by atoms with E-state index in [4.69, 9.17) is 0 Å². The fourth-order valence-electron chi connectivity index (χ4n) is 4.30. The molecule has 5 aromatic rings. The third-order valence-corrected chi connectivity index (χ3v) is 7.27. The molecule has 0 saturated carbocycles. The molecule has 0 aliphatic rings. The molecule has 0 radical (unpaired) electrons. The van der Waals surface area contributed by atoms with Gasteiger partial charge in [-0.25, -0.2) is 4.79 Å². The Morgan fingerprint density at radius 3 is 2.54 bits per heavy atom. The van der Waals surface area contributed by atoms with Crippen LogP contribution in [-0.2, 0) is 6.42 Å². The van der Waals surface area contributed by atoms with Crippen LogP contribution in [0.4, 0.5) is 0 Å². The van der Waals surface area contributed by atoms with Gasteiger partial charge in [-0.1, -0.05) is 48.0 Å². The van der Waals surface area contributed by atoms with Gasteiger partial charge in [0.2, 0.25) is 5.78 Å². The molecule has 3 heterocycles. The minimum absolute atomic E-state index is 0.0211. The molecular weight excluding hydrogens is 464 g/mol. The number of para-hydroxylation sites is 2. The predicted octanol–water partition coefficient (Wildman–Crippen LogP) is 5.49. The van der Waals surface area contributed by atoms with E-state index in [1.807, 2.05) is 55.5 Å². The van der Waals surface area contributed by atoms with Crippen molar-refractivity contribution in [1.82, 2.24) is 9.97 Å². The van der Waals surface area contributed by atoms with Crippen molar-refractivity contribution in [3.05, 3.63) is 87.4 Å². The average Bonchev–Trinajstić information content (AvgIpc) is 3.57. The number of aromatic nitrogens is 2. The number of carbonyl (C=O) groups is 2. The van der Waals surface area contributed by atoms with Crippen LogP contribution in [0.3, 0.4) is 0 Å². The van der Waals surface area contributed by atoms with Crippen LogP contribution in [0.2, 0.25) is 0 Å². The van der Waals surface area contributed by atoms with Gasteiger partial charge in [0.25, 0.3) is 0 Å². The maximum absolute atomic E-state index is 13.6. The SMILES string of the molecule is C/C(=C\Cc1cccc2c(C(=O)c3sc(C(=O)O)c(-c4c[nH]c5ccccc45)c3O)c[nH]c12)CO. The van der Waals surface area contributed by atoms with Crippen molar-refractivity contribution in [3.8, 4) is 16.9 Å². The zero-order valence-electron chi connectivity index (χ0n) is 18.8. The summed E-state index contributed by atoms with van der Waals surface area (Å²) in [5, 5.41) is 31.7. The fraction of sp³-hybridized carbons (Fsp3) is 0.111. The number of carbonyl (C=O) groups excluding carboxylic acids is 1. The zero-order valence-corrected chi connectivity index (χ0v) is 19.6. The highest BCUT2D eigenvalue weighted by Gasteiger charge is 2.30. The lowest BCUT2D eigenvalue weighted by molar-refractivity contribution is 0.0702. The van der Waals surface area contributed by atoms with Crippen molar-refractivity contribution in [2.24, 2.45) is 0 Å². The average molecular weight is 487 g/mol. The molecule has 0 atom stereocenters. The molecule has 35 heavy (non-hydrogen) atoms. The van der Waals surface area contributed by atoms with Crippen LogP contribution in [0.1, 0.15) is 37.4 Å². The number of aromatic amines is 2. The van der Waals surface area contributed by atoms with Crippen molar-refractivity contribution < 1.29 is 24.9 Å². The number of carboxylic acid groups (broad SMARTS) is 1. The Bertz CT molecular complexity index is 1640. The summed E-state index contributed by atoms with van der Waals surface area (Å²) in [6.07, 6.45) is 5.74. The molecule has 0 aliphatic heterocycles. The first-order valence-electron chi connectivity index (χ1n) is 11.0. The van der Waals surface area contributed by atoms with Gasteiger partial charge in [0, 0.05) is 45.3 Å². The third kappa shape index (κ3) is 3.82. The van der Waals surface area contributed by atoms with Gasteiger partial charge in [-0.3, -0.25) is 4.79 Å². The van der Waals surface area contributed by atoms with Crippen molar-refractivity contribution >= 4 is 44.9 Å². The first-order valence-corrected chi connectivity index (χ1v) is 11.8. The Morgan fingerprint density at radius 1 is 1.00 bits per heavy atom. The van der Waals surface area contributed by atoms with Crippen molar-refractivity contribution in [2.45, 2.75) is 13.3 Å². The molecule has 176 valence electrons. The Morgan fingerprint density at radius 2 is 1.77 bits per heavy atom. The largest absolute Gasteiger partial charge is 0.506 e.